The van der Waals surface area contributed by atoms with E-state index in [1.807, 2.05) is 0 Å². The van der Waals surface area contributed by atoms with Gasteiger partial charge in [-0.25, -0.2) is 9.59 Å². The first-order valence-corrected chi connectivity index (χ1v) is 9.64. The molecule has 0 aliphatic carbocycles. The molecule has 2 heterocycles. The monoisotopic (exact) mass is 404 g/mol. The number of rotatable bonds is 6. The topological polar surface area (TPSA) is 124 Å². The van der Waals surface area contributed by atoms with Crippen LogP contribution in [-0.2, 0) is 32.0 Å². The molecule has 2 fully saturated rings. The van der Waals surface area contributed by atoms with Crippen LogP contribution in [0.5, 0.6) is 0 Å². The molecule has 2 atom stereocenters. The average molecular weight is 404 g/mol. The molecule has 29 heavy (non-hydrogen) atoms. The summed E-state index contributed by atoms with van der Waals surface area (Å²) in [6, 6.07) is 6.27. The van der Waals surface area contributed by atoms with Crippen LogP contribution in [0.25, 0.3) is 0 Å². The second-order valence-corrected chi connectivity index (χ2v) is 7.32. The summed E-state index contributed by atoms with van der Waals surface area (Å²) in [5.41, 5.74) is 1.41. The van der Waals surface area contributed by atoms with Crippen molar-refractivity contribution < 1.29 is 34.1 Å². The highest BCUT2D eigenvalue weighted by atomic mass is 16.7. The minimum Gasteiger partial charge on any atom is -0.480 e. The number of carbonyl (C=O) groups excluding carboxylic acids is 2. The van der Waals surface area contributed by atoms with Crippen LogP contribution in [0.2, 0.25) is 0 Å². The van der Waals surface area contributed by atoms with Crippen LogP contribution in [0, 0.1) is 0 Å². The van der Waals surface area contributed by atoms with Gasteiger partial charge < -0.3 is 24.7 Å². The first-order chi connectivity index (χ1) is 13.8. The number of carboxylic acids is 1. The maximum Gasteiger partial charge on any atom is 0.507 e. The number of hydrogen-bond donors (Lipinski definition) is 2. The van der Waals surface area contributed by atoms with Crippen molar-refractivity contribution in [3.05, 3.63) is 35.4 Å². The maximum absolute atomic E-state index is 12.6. The van der Waals surface area contributed by atoms with E-state index >= 15 is 0 Å². The van der Waals surface area contributed by atoms with Gasteiger partial charge in [0.15, 0.2) is 6.23 Å². The number of aliphatic carboxylic acids is 1. The third kappa shape index (κ3) is 5.04. The van der Waals surface area contributed by atoms with E-state index in [0.29, 0.717) is 49.9 Å². The smallest absolute Gasteiger partial charge is 0.480 e. The molecule has 2 aliphatic rings. The van der Waals surface area contributed by atoms with E-state index in [9.17, 15) is 24.3 Å². The molecule has 2 N–H and O–H groups in total. The Hall–Kier alpha value is -3.10. The lowest BCUT2D eigenvalue weighted by Crippen LogP contribution is -2.41. The number of hydrogen-bond acceptors (Lipinski definition) is 5. The molecule has 2 amide bonds. The summed E-state index contributed by atoms with van der Waals surface area (Å²) in [7, 11) is 0. The van der Waals surface area contributed by atoms with Gasteiger partial charge in [-0.1, -0.05) is 24.3 Å². The van der Waals surface area contributed by atoms with Gasteiger partial charge in [-0.15, -0.1) is 0 Å². The Labute approximate surface area is 167 Å². The van der Waals surface area contributed by atoms with Crippen LogP contribution in [-0.4, -0.2) is 69.3 Å². The molecule has 9 nitrogen and oxygen atoms in total. The number of nitrogens with zero attached hydrogens (tertiary/aromatic N) is 2. The Balaban J connectivity index is 1.62. The Morgan fingerprint density at radius 3 is 2.14 bits per heavy atom. The van der Waals surface area contributed by atoms with E-state index in [1.165, 1.54) is 9.80 Å². The van der Waals surface area contributed by atoms with Crippen molar-refractivity contribution in [3.8, 4) is 0 Å². The van der Waals surface area contributed by atoms with Crippen molar-refractivity contribution in [2.45, 2.75) is 50.8 Å². The van der Waals surface area contributed by atoms with Crippen LogP contribution in [0.3, 0.4) is 0 Å². The minimum absolute atomic E-state index is 0.0697. The molecule has 0 bridgehead atoms. The average Bonchev–Trinajstić information content (AvgIpc) is 3.30. The zero-order chi connectivity index (χ0) is 21.0. The van der Waals surface area contributed by atoms with E-state index in [2.05, 4.69) is 0 Å². The van der Waals surface area contributed by atoms with Crippen molar-refractivity contribution in [1.29, 1.82) is 0 Å². The number of likely N-dealkylation sites (tertiary alicyclic amines) is 2. The summed E-state index contributed by atoms with van der Waals surface area (Å²) in [4.78, 5) is 50.0. The van der Waals surface area contributed by atoms with Crippen molar-refractivity contribution in [2.75, 3.05) is 13.1 Å². The van der Waals surface area contributed by atoms with E-state index in [1.54, 1.807) is 24.3 Å². The van der Waals surface area contributed by atoms with Gasteiger partial charge >= 0.3 is 12.1 Å². The summed E-state index contributed by atoms with van der Waals surface area (Å²) in [6.45, 7) is 0.883. The highest BCUT2D eigenvalue weighted by Crippen LogP contribution is 2.21. The largest absolute Gasteiger partial charge is 0.507 e. The maximum atomic E-state index is 12.6. The first-order valence-electron chi connectivity index (χ1n) is 9.64. The minimum atomic E-state index is -1.41. The van der Waals surface area contributed by atoms with Gasteiger partial charge in [-0.2, -0.15) is 0 Å². The third-order valence-electron chi connectivity index (χ3n) is 5.32. The van der Waals surface area contributed by atoms with Gasteiger partial charge in [0.05, 0.1) is 12.8 Å². The second kappa shape index (κ2) is 8.93. The van der Waals surface area contributed by atoms with Crippen LogP contribution < -0.4 is 0 Å². The number of benzene rings is 1. The van der Waals surface area contributed by atoms with E-state index in [4.69, 9.17) is 9.84 Å². The lowest BCUT2D eigenvalue weighted by molar-refractivity contribution is -0.148. The highest BCUT2D eigenvalue weighted by Gasteiger charge is 2.34. The molecule has 2 saturated heterocycles. The molecule has 0 aromatic heterocycles. The zero-order valence-corrected chi connectivity index (χ0v) is 16.0. The van der Waals surface area contributed by atoms with E-state index in [-0.39, 0.29) is 24.7 Å². The molecular weight excluding hydrogens is 380 g/mol. The predicted molar refractivity (Wildman–Crippen MR) is 100 cm³/mol. The van der Waals surface area contributed by atoms with Crippen LogP contribution >= 0.6 is 0 Å². The van der Waals surface area contributed by atoms with Gasteiger partial charge in [0.1, 0.15) is 6.04 Å². The summed E-state index contributed by atoms with van der Waals surface area (Å²) in [5.74, 6) is -1.46. The van der Waals surface area contributed by atoms with Gasteiger partial charge in [0.25, 0.3) is 0 Å². The molecular formula is C20H24N2O7. The van der Waals surface area contributed by atoms with Crippen LogP contribution in [0.1, 0.15) is 36.8 Å². The van der Waals surface area contributed by atoms with Crippen LogP contribution in [0.15, 0.2) is 24.3 Å². The van der Waals surface area contributed by atoms with Crippen molar-refractivity contribution in [2.24, 2.45) is 0 Å². The number of amides is 2. The lowest BCUT2D eigenvalue weighted by atomic mass is 10.0. The summed E-state index contributed by atoms with van der Waals surface area (Å²) in [6.07, 6.45) is 0.275. The Morgan fingerprint density at radius 1 is 0.931 bits per heavy atom. The van der Waals surface area contributed by atoms with Gasteiger partial charge in [-0.3, -0.25) is 9.59 Å². The molecule has 3 rings (SSSR count). The molecule has 1 aromatic carbocycles. The first kappa shape index (κ1) is 20.6. The Kier molecular flexibility index (Phi) is 6.36. The molecule has 0 radical (unpaired) electrons. The number of ether oxygens (including phenoxy) is 1. The third-order valence-corrected chi connectivity index (χ3v) is 5.32. The summed E-state index contributed by atoms with van der Waals surface area (Å²) < 4.78 is 4.77. The summed E-state index contributed by atoms with van der Waals surface area (Å²) in [5, 5.41) is 18.0. The highest BCUT2D eigenvalue weighted by molar-refractivity contribution is 5.85. The molecule has 2 aliphatic heterocycles. The fourth-order valence-corrected chi connectivity index (χ4v) is 3.98. The standard InChI is InChI=1S/C20H24N2O7/c23-16(21-8-2-6-15(21)19(25)26)11-13-4-1-5-14(10-13)12-17(24)22-9-3-7-18(22)29-20(27)28/h1,4-5,10,15,18H,2-3,6-9,11-12H2,(H,25,26)(H,27,28)/t15-,18-/m1/s1. The quantitative estimate of drug-likeness (QED) is 0.688. The molecule has 1 aromatic rings. The van der Waals surface area contributed by atoms with Gasteiger partial charge in [0, 0.05) is 19.5 Å². The van der Waals surface area contributed by atoms with Crippen LogP contribution in [0.4, 0.5) is 4.79 Å². The second-order valence-electron chi connectivity index (χ2n) is 7.32. The van der Waals surface area contributed by atoms with Crippen molar-refractivity contribution in [3.63, 3.8) is 0 Å². The normalized spacial score (nSPS) is 21.2. The number of carboxylic acid groups (broad SMARTS) is 2. The predicted octanol–water partition coefficient (Wildman–Crippen LogP) is 1.49. The fourth-order valence-electron chi connectivity index (χ4n) is 3.98. The lowest BCUT2D eigenvalue weighted by Gasteiger charge is -2.23. The molecule has 0 unspecified atom stereocenters. The van der Waals surface area contributed by atoms with E-state index < -0.39 is 24.4 Å². The number of carbonyl (C=O) groups is 4. The summed E-state index contributed by atoms with van der Waals surface area (Å²) >= 11 is 0. The van der Waals surface area contributed by atoms with Gasteiger partial charge in [-0.05, 0) is 30.4 Å². The Morgan fingerprint density at radius 2 is 1.52 bits per heavy atom. The fraction of sp³-hybridized carbons (Fsp3) is 0.500. The SMILES string of the molecule is O=C(O)O[C@@H]1CCCN1C(=O)Cc1cccc(CC(=O)N2CCC[C@@H]2C(=O)O)c1. The van der Waals surface area contributed by atoms with Crippen molar-refractivity contribution >= 4 is 23.9 Å². The van der Waals surface area contributed by atoms with Crippen molar-refractivity contribution in [1.82, 2.24) is 9.80 Å². The molecule has 9 heteroatoms. The zero-order valence-electron chi connectivity index (χ0n) is 16.0. The van der Waals surface area contributed by atoms with E-state index in [0.717, 1.165) is 0 Å². The molecule has 156 valence electrons. The molecule has 0 spiro atoms. The molecule has 0 saturated carbocycles. The Bertz CT molecular complexity index is 810. The van der Waals surface area contributed by atoms with Gasteiger partial charge in [0.2, 0.25) is 11.8 Å².